The van der Waals surface area contributed by atoms with Crippen molar-refractivity contribution < 1.29 is 0 Å². The lowest BCUT2D eigenvalue weighted by molar-refractivity contribution is 1.13. The zero-order valence-electron chi connectivity index (χ0n) is 13.0. The molecule has 4 heteroatoms. The molecule has 0 aromatic heterocycles. The number of nitrogens with zero attached hydrogens (tertiary/aromatic N) is 2. The molecule has 0 amide bonds. The number of hydrogen-bond acceptors (Lipinski definition) is 4. The van der Waals surface area contributed by atoms with Crippen molar-refractivity contribution in [2.45, 2.75) is 20.8 Å². The fourth-order valence-electron chi connectivity index (χ4n) is 2.59. The molecule has 0 saturated heterocycles. The summed E-state index contributed by atoms with van der Waals surface area (Å²) in [6.45, 7) is 6.11. The van der Waals surface area contributed by atoms with Gasteiger partial charge in [-0.25, -0.2) is 4.98 Å². The SMILES string of the molecule is Cc1cc2nc3c(C)cc(N(C)C)cc3sc-2c(C)c1=N. The molecule has 1 heterocycles. The molecule has 1 N–H and O–H groups in total. The van der Waals surface area contributed by atoms with E-state index in [9.17, 15) is 0 Å². The second-order valence-corrected chi connectivity index (χ2v) is 6.81. The minimum Gasteiger partial charge on any atom is -0.378 e. The van der Waals surface area contributed by atoms with E-state index in [4.69, 9.17) is 10.4 Å². The lowest BCUT2D eigenvalue weighted by Gasteiger charge is -2.16. The average Bonchev–Trinajstić information content (AvgIpc) is 2.44. The van der Waals surface area contributed by atoms with Gasteiger partial charge in [0, 0.05) is 19.8 Å². The van der Waals surface area contributed by atoms with Gasteiger partial charge in [0.2, 0.25) is 0 Å². The smallest absolute Gasteiger partial charge is 0.0840 e. The van der Waals surface area contributed by atoms with Crippen LogP contribution in [0.25, 0.3) is 20.8 Å². The number of fused-ring (bicyclic) bond motifs is 2. The summed E-state index contributed by atoms with van der Waals surface area (Å²) in [7, 11) is 4.10. The standard InChI is InChI=1S/C17H19N3S/c1-9-7-13-17(11(3)15(9)18)21-14-8-12(20(4)5)6-10(2)16(14)19-13/h6-8,18H,1-5H3. The van der Waals surface area contributed by atoms with E-state index in [0.717, 1.165) is 27.2 Å². The fourth-order valence-corrected chi connectivity index (χ4v) is 3.76. The average molecular weight is 297 g/mol. The van der Waals surface area contributed by atoms with Gasteiger partial charge in [0.05, 0.1) is 26.1 Å². The highest BCUT2D eigenvalue weighted by molar-refractivity contribution is 7.21. The lowest BCUT2D eigenvalue weighted by Crippen LogP contribution is -2.11. The molecule has 0 fully saturated rings. The van der Waals surface area contributed by atoms with Gasteiger partial charge in [0.15, 0.2) is 0 Å². The normalized spacial score (nSPS) is 11.3. The molecule has 0 atom stereocenters. The molecule has 0 spiro atoms. The first-order valence-electron chi connectivity index (χ1n) is 6.96. The summed E-state index contributed by atoms with van der Waals surface area (Å²) in [5.74, 6) is 0. The molecule has 0 radical (unpaired) electrons. The van der Waals surface area contributed by atoms with Crippen molar-refractivity contribution in [1.29, 1.82) is 5.41 Å². The highest BCUT2D eigenvalue weighted by atomic mass is 32.1. The van der Waals surface area contributed by atoms with E-state index < -0.39 is 0 Å². The van der Waals surface area contributed by atoms with E-state index in [1.165, 1.54) is 16.0 Å². The van der Waals surface area contributed by atoms with Crippen molar-refractivity contribution in [1.82, 2.24) is 4.98 Å². The largest absolute Gasteiger partial charge is 0.378 e. The topological polar surface area (TPSA) is 40.0 Å². The van der Waals surface area contributed by atoms with Crippen LogP contribution in [0.15, 0.2) is 18.2 Å². The molecule has 1 aromatic carbocycles. The Hall–Kier alpha value is -1.94. The summed E-state index contributed by atoms with van der Waals surface area (Å²) in [6.07, 6.45) is 0. The Kier molecular flexibility index (Phi) is 3.21. The van der Waals surface area contributed by atoms with Crippen molar-refractivity contribution in [3.63, 3.8) is 0 Å². The summed E-state index contributed by atoms with van der Waals surface area (Å²) in [5.41, 5.74) is 6.46. The maximum atomic E-state index is 8.16. The highest BCUT2D eigenvalue weighted by Crippen LogP contribution is 2.35. The fraction of sp³-hybridized carbons (Fsp3) is 0.294. The molecule has 1 aliphatic carbocycles. The number of nitrogens with one attached hydrogen (secondary N) is 1. The minimum atomic E-state index is 0.625. The van der Waals surface area contributed by atoms with Crippen molar-refractivity contribution in [3.8, 4) is 10.6 Å². The third-order valence-corrected chi connectivity index (χ3v) is 5.16. The molecule has 0 bridgehead atoms. The van der Waals surface area contributed by atoms with Crippen LogP contribution in [0.1, 0.15) is 16.7 Å². The van der Waals surface area contributed by atoms with Gasteiger partial charge in [0.25, 0.3) is 0 Å². The first-order valence-corrected chi connectivity index (χ1v) is 7.77. The van der Waals surface area contributed by atoms with Crippen molar-refractivity contribution >= 4 is 27.2 Å². The molecule has 1 aromatic rings. The molecule has 3 rings (SSSR count). The zero-order valence-corrected chi connectivity index (χ0v) is 13.9. The van der Waals surface area contributed by atoms with Crippen LogP contribution in [-0.2, 0) is 0 Å². The second-order valence-electron chi connectivity index (χ2n) is 5.76. The molecule has 3 nitrogen and oxygen atoms in total. The van der Waals surface area contributed by atoms with E-state index in [1.807, 2.05) is 19.9 Å². The van der Waals surface area contributed by atoms with E-state index in [-0.39, 0.29) is 0 Å². The third-order valence-electron chi connectivity index (χ3n) is 3.91. The van der Waals surface area contributed by atoms with Crippen LogP contribution in [0, 0.1) is 26.2 Å². The van der Waals surface area contributed by atoms with E-state index >= 15 is 0 Å². The molecule has 108 valence electrons. The van der Waals surface area contributed by atoms with Gasteiger partial charge >= 0.3 is 0 Å². The number of benzene rings is 2. The Morgan fingerprint density at radius 1 is 1.05 bits per heavy atom. The Morgan fingerprint density at radius 3 is 2.43 bits per heavy atom. The summed E-state index contributed by atoms with van der Waals surface area (Å²) in [4.78, 5) is 8.08. The maximum absolute atomic E-state index is 8.16. The number of hydrogen-bond donors (Lipinski definition) is 1. The molecule has 2 aliphatic rings. The summed E-state index contributed by atoms with van der Waals surface area (Å²) < 4.78 is 1.18. The van der Waals surface area contributed by atoms with Crippen LogP contribution >= 0.6 is 11.3 Å². The number of anilines is 1. The van der Waals surface area contributed by atoms with Crippen LogP contribution in [0.3, 0.4) is 0 Å². The molecular weight excluding hydrogens is 278 g/mol. The van der Waals surface area contributed by atoms with Gasteiger partial charge in [-0.15, -0.1) is 11.3 Å². The molecule has 21 heavy (non-hydrogen) atoms. The van der Waals surface area contributed by atoms with Crippen molar-refractivity contribution in [3.05, 3.63) is 40.2 Å². The van der Waals surface area contributed by atoms with Crippen LogP contribution < -0.4 is 10.3 Å². The Bertz CT molecular complexity index is 877. The molecule has 1 aliphatic heterocycles. The Balaban J connectivity index is 2.45. The van der Waals surface area contributed by atoms with Gasteiger partial charge in [-0.2, -0.15) is 0 Å². The third kappa shape index (κ3) is 2.20. The predicted molar refractivity (Wildman–Crippen MR) is 90.6 cm³/mol. The van der Waals surface area contributed by atoms with Crippen LogP contribution in [-0.4, -0.2) is 19.1 Å². The Labute approximate surface area is 128 Å². The first-order chi connectivity index (χ1) is 9.88. The Morgan fingerprint density at radius 2 is 1.76 bits per heavy atom. The lowest BCUT2D eigenvalue weighted by atomic mass is 10.1. The summed E-state index contributed by atoms with van der Waals surface area (Å²) in [5, 5.41) is 8.78. The van der Waals surface area contributed by atoms with E-state index in [2.05, 4.69) is 38.1 Å². The highest BCUT2D eigenvalue weighted by Gasteiger charge is 2.14. The van der Waals surface area contributed by atoms with Gasteiger partial charge in [-0.3, -0.25) is 0 Å². The van der Waals surface area contributed by atoms with Crippen molar-refractivity contribution in [2.75, 3.05) is 19.0 Å². The first kappa shape index (κ1) is 14.0. The maximum Gasteiger partial charge on any atom is 0.0840 e. The monoisotopic (exact) mass is 297 g/mol. The van der Waals surface area contributed by atoms with Gasteiger partial charge in [-0.1, -0.05) is 0 Å². The second kappa shape index (κ2) is 4.81. The van der Waals surface area contributed by atoms with Gasteiger partial charge in [-0.05, 0) is 55.7 Å². The molecular formula is C17H19N3S. The van der Waals surface area contributed by atoms with Crippen LogP contribution in [0.4, 0.5) is 5.69 Å². The molecule has 0 saturated carbocycles. The van der Waals surface area contributed by atoms with Crippen LogP contribution in [0.5, 0.6) is 0 Å². The van der Waals surface area contributed by atoms with Crippen LogP contribution in [0.2, 0.25) is 0 Å². The molecule has 0 unspecified atom stereocenters. The number of aryl methyl sites for hydroxylation is 2. The predicted octanol–water partition coefficient (Wildman–Crippen LogP) is 3.87. The summed E-state index contributed by atoms with van der Waals surface area (Å²) >= 11 is 1.74. The van der Waals surface area contributed by atoms with Crippen molar-refractivity contribution in [2.24, 2.45) is 0 Å². The van der Waals surface area contributed by atoms with Gasteiger partial charge in [0.1, 0.15) is 0 Å². The minimum absolute atomic E-state index is 0.625. The van der Waals surface area contributed by atoms with Gasteiger partial charge < -0.3 is 10.3 Å². The summed E-state index contributed by atoms with van der Waals surface area (Å²) in [6, 6.07) is 6.38. The van der Waals surface area contributed by atoms with E-state index in [1.54, 1.807) is 11.3 Å². The number of rotatable bonds is 1. The van der Waals surface area contributed by atoms with E-state index in [0.29, 0.717) is 5.36 Å². The zero-order chi connectivity index (χ0) is 15.3. The quantitative estimate of drug-likeness (QED) is 0.693. The number of aromatic nitrogens is 1.